The van der Waals surface area contributed by atoms with Gasteiger partial charge in [-0.05, 0) is 25.0 Å². The maximum atomic E-state index is 13.3. The predicted molar refractivity (Wildman–Crippen MR) is 77.5 cm³/mol. The highest BCUT2D eigenvalue weighted by molar-refractivity contribution is 8.00. The normalized spacial score (nSPS) is 19.8. The van der Waals surface area contributed by atoms with Crippen LogP contribution in [0.2, 0.25) is 0 Å². The monoisotopic (exact) mass is 311 g/mol. The third-order valence-electron chi connectivity index (χ3n) is 3.49. The third kappa shape index (κ3) is 2.88. The lowest BCUT2D eigenvalue weighted by atomic mass is 10.2. The van der Waals surface area contributed by atoms with E-state index < -0.39 is 6.55 Å². The molecule has 1 fully saturated rings. The van der Waals surface area contributed by atoms with Gasteiger partial charge in [0.05, 0.1) is 16.3 Å². The Bertz CT molecular complexity index is 659. The molecule has 1 aromatic carbocycles. The number of thioether (sulfide) groups is 1. The Labute approximate surface area is 124 Å². The Balaban J connectivity index is 1.95. The van der Waals surface area contributed by atoms with E-state index in [4.69, 9.17) is 0 Å². The van der Waals surface area contributed by atoms with Gasteiger partial charge >= 0.3 is 6.55 Å². The molecule has 1 N–H and O–H groups in total. The predicted octanol–water partition coefficient (Wildman–Crippen LogP) is 3.19. The van der Waals surface area contributed by atoms with Gasteiger partial charge in [-0.1, -0.05) is 30.3 Å². The van der Waals surface area contributed by atoms with Gasteiger partial charge in [0, 0.05) is 6.54 Å². The molecule has 1 aliphatic heterocycles. The molecule has 2 heterocycles. The smallest absolute Gasteiger partial charge is 0.321 e. The highest BCUT2D eigenvalue weighted by atomic mass is 32.2. The second kappa shape index (κ2) is 6.01. The zero-order chi connectivity index (χ0) is 14.8. The number of halogens is 2. The van der Waals surface area contributed by atoms with Crippen LogP contribution in [0.1, 0.15) is 25.8 Å². The highest BCUT2D eigenvalue weighted by Crippen LogP contribution is 2.33. The zero-order valence-electron chi connectivity index (χ0n) is 11.3. The lowest BCUT2D eigenvalue weighted by Gasteiger charge is -2.13. The van der Waals surface area contributed by atoms with Gasteiger partial charge in [-0.25, -0.2) is 4.98 Å². The van der Waals surface area contributed by atoms with Crippen LogP contribution in [0.4, 0.5) is 8.78 Å². The number of fused-ring (bicyclic) bond motifs is 1. The molecule has 0 radical (unpaired) electrons. The molecule has 4 nitrogen and oxygen atoms in total. The summed E-state index contributed by atoms with van der Waals surface area (Å²) in [6.07, 6.45) is 2.52. The molecule has 3 rings (SSSR count). The van der Waals surface area contributed by atoms with Crippen LogP contribution in [0, 0.1) is 0 Å². The van der Waals surface area contributed by atoms with Gasteiger partial charge in [0.1, 0.15) is 0 Å². The van der Waals surface area contributed by atoms with Crippen molar-refractivity contribution in [3.05, 3.63) is 24.3 Å². The van der Waals surface area contributed by atoms with E-state index in [1.807, 2.05) is 0 Å². The largest absolute Gasteiger partial charge is 0.355 e. The molecule has 0 saturated carbocycles. The summed E-state index contributed by atoms with van der Waals surface area (Å²) < 4.78 is 27.6. The molecule has 2 aromatic rings. The van der Waals surface area contributed by atoms with Crippen molar-refractivity contribution in [2.75, 3.05) is 6.54 Å². The minimum Gasteiger partial charge on any atom is -0.355 e. The number of benzene rings is 1. The molecule has 0 spiro atoms. The number of amides is 1. The number of rotatable bonds is 3. The average molecular weight is 311 g/mol. The number of hydrogen-bond donors (Lipinski definition) is 1. The second-order valence-corrected chi connectivity index (χ2v) is 6.09. The Kier molecular flexibility index (Phi) is 4.10. The van der Waals surface area contributed by atoms with Gasteiger partial charge in [-0.3, -0.25) is 9.36 Å². The quantitative estimate of drug-likeness (QED) is 0.947. The lowest BCUT2D eigenvalue weighted by molar-refractivity contribution is -0.120. The molecule has 1 saturated heterocycles. The van der Waals surface area contributed by atoms with Crippen molar-refractivity contribution in [1.82, 2.24) is 14.9 Å². The van der Waals surface area contributed by atoms with Crippen LogP contribution < -0.4 is 5.32 Å². The van der Waals surface area contributed by atoms with E-state index in [9.17, 15) is 13.6 Å². The van der Waals surface area contributed by atoms with Gasteiger partial charge < -0.3 is 5.32 Å². The van der Waals surface area contributed by atoms with Crippen molar-refractivity contribution >= 4 is 28.7 Å². The number of nitrogens with zero attached hydrogens (tertiary/aromatic N) is 2. The minimum absolute atomic E-state index is 0.0922. The molecule has 0 aliphatic carbocycles. The molecular formula is C14H15F2N3OS. The zero-order valence-corrected chi connectivity index (χ0v) is 12.1. The van der Waals surface area contributed by atoms with E-state index in [1.54, 1.807) is 24.3 Å². The lowest BCUT2D eigenvalue weighted by Crippen LogP contribution is -2.30. The van der Waals surface area contributed by atoms with Crippen molar-refractivity contribution in [3.63, 3.8) is 0 Å². The van der Waals surface area contributed by atoms with E-state index in [1.165, 1.54) is 0 Å². The van der Waals surface area contributed by atoms with Gasteiger partial charge in [-0.15, -0.1) is 0 Å². The molecule has 7 heteroatoms. The van der Waals surface area contributed by atoms with Crippen molar-refractivity contribution in [3.8, 4) is 0 Å². The fraction of sp³-hybridized carbons (Fsp3) is 0.429. The number of carbonyl (C=O) groups is 1. The first-order valence-corrected chi connectivity index (χ1v) is 7.74. The van der Waals surface area contributed by atoms with E-state index in [-0.39, 0.29) is 16.3 Å². The van der Waals surface area contributed by atoms with Crippen molar-refractivity contribution in [2.24, 2.45) is 0 Å². The Morgan fingerprint density at radius 1 is 1.33 bits per heavy atom. The summed E-state index contributed by atoms with van der Waals surface area (Å²) >= 11 is 1.13. The van der Waals surface area contributed by atoms with Crippen LogP contribution in [0.5, 0.6) is 0 Å². The number of aromatic nitrogens is 2. The Morgan fingerprint density at radius 2 is 2.14 bits per heavy atom. The molecule has 0 unspecified atom stereocenters. The van der Waals surface area contributed by atoms with Gasteiger partial charge in [0.25, 0.3) is 0 Å². The van der Waals surface area contributed by atoms with Crippen LogP contribution in [0.25, 0.3) is 11.0 Å². The Hall–Kier alpha value is -1.63. The maximum Gasteiger partial charge on any atom is 0.321 e. The van der Waals surface area contributed by atoms with E-state index in [0.29, 0.717) is 24.0 Å². The summed E-state index contributed by atoms with van der Waals surface area (Å²) in [7, 11) is 0. The number of imidazole rings is 1. The topological polar surface area (TPSA) is 46.9 Å². The van der Waals surface area contributed by atoms with E-state index in [2.05, 4.69) is 10.3 Å². The fourth-order valence-electron chi connectivity index (χ4n) is 2.45. The van der Waals surface area contributed by atoms with Gasteiger partial charge in [-0.2, -0.15) is 8.78 Å². The first-order chi connectivity index (χ1) is 10.2. The number of carbonyl (C=O) groups excluding carboxylic acids is 1. The second-order valence-electron chi connectivity index (χ2n) is 4.92. The fourth-order valence-corrected chi connectivity index (χ4v) is 3.62. The maximum absolute atomic E-state index is 13.3. The summed E-state index contributed by atoms with van der Waals surface area (Å²) in [5.74, 6) is -0.0922. The minimum atomic E-state index is -2.67. The summed E-state index contributed by atoms with van der Waals surface area (Å²) in [6.45, 7) is -2.02. The van der Waals surface area contributed by atoms with Gasteiger partial charge in [0.2, 0.25) is 5.91 Å². The molecule has 1 amide bonds. The molecule has 112 valence electrons. The number of nitrogens with one attached hydrogen (secondary N) is 1. The highest BCUT2D eigenvalue weighted by Gasteiger charge is 2.26. The molecule has 1 atom stereocenters. The molecule has 1 aromatic heterocycles. The SMILES string of the molecule is O=C1NCCCC[C@@H]1Sc1nc2ccccc2n1C(F)F. The van der Waals surface area contributed by atoms with Crippen LogP contribution in [-0.4, -0.2) is 27.3 Å². The van der Waals surface area contributed by atoms with E-state index in [0.717, 1.165) is 29.2 Å². The summed E-state index contributed by atoms with van der Waals surface area (Å²) in [5.41, 5.74) is 0.915. The van der Waals surface area contributed by atoms with Crippen LogP contribution >= 0.6 is 11.8 Å². The molecular weight excluding hydrogens is 296 g/mol. The molecule has 21 heavy (non-hydrogen) atoms. The standard InChI is InChI=1S/C14H15F2N3OS/c15-13(16)19-10-6-2-1-5-9(10)18-14(19)21-11-7-3-4-8-17-12(11)20/h1-2,5-6,11,13H,3-4,7-8H2,(H,17,20)/t11-/m0/s1. The number of para-hydroxylation sites is 2. The number of hydrogen-bond acceptors (Lipinski definition) is 3. The third-order valence-corrected chi connectivity index (χ3v) is 4.72. The Morgan fingerprint density at radius 3 is 2.95 bits per heavy atom. The average Bonchev–Trinajstić information content (AvgIpc) is 2.71. The van der Waals surface area contributed by atoms with Crippen molar-refractivity contribution in [2.45, 2.75) is 36.2 Å². The first-order valence-electron chi connectivity index (χ1n) is 6.86. The van der Waals surface area contributed by atoms with Crippen LogP contribution in [-0.2, 0) is 4.79 Å². The summed E-state index contributed by atoms with van der Waals surface area (Å²) in [4.78, 5) is 16.2. The summed E-state index contributed by atoms with van der Waals surface area (Å²) in [6, 6.07) is 6.78. The van der Waals surface area contributed by atoms with Crippen molar-refractivity contribution in [1.29, 1.82) is 0 Å². The van der Waals surface area contributed by atoms with E-state index >= 15 is 0 Å². The van der Waals surface area contributed by atoms with Crippen molar-refractivity contribution < 1.29 is 13.6 Å². The first kappa shape index (κ1) is 14.3. The van der Waals surface area contributed by atoms with Gasteiger partial charge in [0.15, 0.2) is 5.16 Å². The van der Waals surface area contributed by atoms with Crippen LogP contribution in [0.3, 0.4) is 0 Å². The van der Waals surface area contributed by atoms with Crippen LogP contribution in [0.15, 0.2) is 29.4 Å². The molecule has 0 bridgehead atoms. The number of alkyl halides is 2. The molecule has 1 aliphatic rings. The summed E-state index contributed by atoms with van der Waals surface area (Å²) in [5, 5.41) is 2.66.